The first-order valence-corrected chi connectivity index (χ1v) is 7.27. The van der Waals surface area contributed by atoms with Crippen molar-refractivity contribution < 1.29 is 14.3 Å². The van der Waals surface area contributed by atoms with Crippen LogP contribution in [0.4, 0.5) is 5.69 Å². The molecule has 1 N–H and O–H groups in total. The number of hydrogen-bond acceptors (Lipinski definition) is 3. The largest absolute Gasteiger partial charge is 0.497 e. The maximum absolute atomic E-state index is 11.9. The first-order chi connectivity index (χ1) is 10.1. The summed E-state index contributed by atoms with van der Waals surface area (Å²) in [6.45, 7) is -0.0920. The summed E-state index contributed by atoms with van der Waals surface area (Å²) in [5.41, 5.74) is 0.624. The molecule has 0 atom stereocenters. The van der Waals surface area contributed by atoms with Gasteiger partial charge in [0.25, 0.3) is 5.91 Å². The van der Waals surface area contributed by atoms with Crippen LogP contribution >= 0.6 is 27.5 Å². The van der Waals surface area contributed by atoms with E-state index < -0.39 is 0 Å². The lowest BCUT2D eigenvalue weighted by Gasteiger charge is -2.10. The van der Waals surface area contributed by atoms with E-state index >= 15 is 0 Å². The maximum atomic E-state index is 11.9. The molecule has 21 heavy (non-hydrogen) atoms. The zero-order chi connectivity index (χ0) is 15.2. The van der Waals surface area contributed by atoms with Gasteiger partial charge < -0.3 is 14.8 Å². The van der Waals surface area contributed by atoms with Crippen molar-refractivity contribution in [2.75, 3.05) is 19.0 Å². The van der Waals surface area contributed by atoms with Crippen LogP contribution in [0.5, 0.6) is 11.5 Å². The molecule has 0 bridgehead atoms. The van der Waals surface area contributed by atoms with Gasteiger partial charge in [0.05, 0.1) is 12.8 Å². The highest BCUT2D eigenvalue weighted by Gasteiger charge is 2.08. The number of methoxy groups -OCH3 is 1. The van der Waals surface area contributed by atoms with Crippen LogP contribution in [-0.4, -0.2) is 19.6 Å². The second kappa shape index (κ2) is 7.33. The fraction of sp³-hybridized carbons (Fsp3) is 0.133. The monoisotopic (exact) mass is 369 g/mol. The number of anilines is 1. The number of nitrogens with one attached hydrogen (secondary N) is 1. The summed E-state index contributed by atoms with van der Waals surface area (Å²) in [5, 5.41) is 3.37. The van der Waals surface area contributed by atoms with Crippen LogP contribution < -0.4 is 14.8 Å². The average molecular weight is 371 g/mol. The van der Waals surface area contributed by atoms with Gasteiger partial charge in [-0.25, -0.2) is 0 Å². The van der Waals surface area contributed by atoms with Crippen LogP contribution in [-0.2, 0) is 4.79 Å². The third-order valence-corrected chi connectivity index (χ3v) is 3.57. The summed E-state index contributed by atoms with van der Waals surface area (Å²) in [7, 11) is 1.57. The minimum Gasteiger partial charge on any atom is -0.497 e. The van der Waals surface area contributed by atoms with E-state index in [1.54, 1.807) is 49.6 Å². The maximum Gasteiger partial charge on any atom is 0.262 e. The lowest BCUT2D eigenvalue weighted by atomic mass is 10.3. The van der Waals surface area contributed by atoms with E-state index in [4.69, 9.17) is 21.1 Å². The smallest absolute Gasteiger partial charge is 0.262 e. The SMILES string of the molecule is COc1ccc(Br)c(NC(=O)COc2ccc(Cl)cc2)c1. The molecule has 0 saturated heterocycles. The van der Waals surface area contributed by atoms with Gasteiger partial charge in [-0.15, -0.1) is 0 Å². The summed E-state index contributed by atoms with van der Waals surface area (Å²) >= 11 is 9.14. The van der Waals surface area contributed by atoms with E-state index in [9.17, 15) is 4.79 Å². The third-order valence-electron chi connectivity index (χ3n) is 2.63. The molecule has 0 aliphatic carbocycles. The molecular formula is C15H13BrClNO3. The number of rotatable bonds is 5. The van der Waals surface area contributed by atoms with Crippen molar-refractivity contribution in [3.05, 3.63) is 52.0 Å². The zero-order valence-electron chi connectivity index (χ0n) is 11.2. The number of amides is 1. The highest BCUT2D eigenvalue weighted by Crippen LogP contribution is 2.27. The molecule has 2 aromatic rings. The van der Waals surface area contributed by atoms with Gasteiger partial charge >= 0.3 is 0 Å². The molecule has 0 spiro atoms. The Kier molecular flexibility index (Phi) is 5.47. The topological polar surface area (TPSA) is 47.6 Å². The minimum atomic E-state index is -0.265. The molecule has 0 aliphatic heterocycles. The number of hydrogen-bond donors (Lipinski definition) is 1. The van der Waals surface area contributed by atoms with Gasteiger partial charge in [0.2, 0.25) is 0 Å². The van der Waals surface area contributed by atoms with E-state index in [-0.39, 0.29) is 12.5 Å². The Morgan fingerprint density at radius 2 is 1.86 bits per heavy atom. The van der Waals surface area contributed by atoms with Crippen LogP contribution in [0.2, 0.25) is 5.02 Å². The summed E-state index contributed by atoms with van der Waals surface area (Å²) in [6, 6.07) is 12.1. The van der Waals surface area contributed by atoms with Crippen LogP contribution in [0.1, 0.15) is 0 Å². The standard InChI is InChI=1S/C15H13BrClNO3/c1-20-12-6-7-13(16)14(8-12)18-15(19)9-21-11-4-2-10(17)3-5-11/h2-8H,9H2,1H3,(H,18,19). The molecule has 0 aromatic heterocycles. The molecule has 2 aromatic carbocycles. The summed E-state index contributed by atoms with van der Waals surface area (Å²) in [5.74, 6) is 0.977. The molecule has 6 heteroatoms. The first-order valence-electron chi connectivity index (χ1n) is 6.10. The average Bonchev–Trinajstić information content (AvgIpc) is 2.49. The predicted molar refractivity (Wildman–Crippen MR) is 86.3 cm³/mol. The Hall–Kier alpha value is -1.72. The Labute approximate surface area is 136 Å². The fourth-order valence-corrected chi connectivity index (χ4v) is 2.06. The van der Waals surface area contributed by atoms with Gasteiger partial charge in [0, 0.05) is 15.6 Å². The van der Waals surface area contributed by atoms with Crippen molar-refractivity contribution in [2.24, 2.45) is 0 Å². The summed E-state index contributed by atoms with van der Waals surface area (Å²) in [4.78, 5) is 11.9. The van der Waals surface area contributed by atoms with E-state index in [1.807, 2.05) is 0 Å². The van der Waals surface area contributed by atoms with Gasteiger partial charge in [0.15, 0.2) is 6.61 Å². The Bertz CT molecular complexity index is 631. The number of carbonyl (C=O) groups excluding carboxylic acids is 1. The van der Waals surface area contributed by atoms with E-state index in [2.05, 4.69) is 21.2 Å². The fourth-order valence-electron chi connectivity index (χ4n) is 1.59. The Morgan fingerprint density at radius 3 is 2.52 bits per heavy atom. The Morgan fingerprint density at radius 1 is 1.19 bits per heavy atom. The minimum absolute atomic E-state index is 0.0920. The molecule has 2 rings (SSSR count). The second-order valence-corrected chi connectivity index (χ2v) is 5.43. The molecule has 0 heterocycles. The molecule has 0 aliphatic rings. The number of halogens is 2. The Balaban J connectivity index is 1.94. The van der Waals surface area contributed by atoms with Gasteiger partial charge in [-0.05, 0) is 52.3 Å². The number of carbonyl (C=O) groups is 1. The molecule has 0 saturated carbocycles. The molecule has 0 fully saturated rings. The second-order valence-electron chi connectivity index (χ2n) is 4.14. The zero-order valence-corrected chi connectivity index (χ0v) is 13.6. The highest BCUT2D eigenvalue weighted by molar-refractivity contribution is 9.10. The van der Waals surface area contributed by atoms with Crippen LogP contribution in [0, 0.1) is 0 Å². The van der Waals surface area contributed by atoms with Crippen LogP contribution in [0.15, 0.2) is 46.9 Å². The molecule has 0 unspecified atom stereocenters. The molecule has 110 valence electrons. The van der Waals surface area contributed by atoms with E-state index in [1.165, 1.54) is 0 Å². The molecule has 0 radical (unpaired) electrons. The van der Waals surface area contributed by atoms with Crippen molar-refractivity contribution >= 4 is 39.1 Å². The molecular weight excluding hydrogens is 358 g/mol. The molecule has 4 nitrogen and oxygen atoms in total. The van der Waals surface area contributed by atoms with Crippen molar-refractivity contribution in [3.8, 4) is 11.5 Å². The van der Waals surface area contributed by atoms with Gasteiger partial charge in [-0.1, -0.05) is 11.6 Å². The normalized spacial score (nSPS) is 10.0. The van der Waals surface area contributed by atoms with Crippen LogP contribution in [0.25, 0.3) is 0 Å². The highest BCUT2D eigenvalue weighted by atomic mass is 79.9. The molecule has 1 amide bonds. The quantitative estimate of drug-likeness (QED) is 0.861. The predicted octanol–water partition coefficient (Wildman–Crippen LogP) is 4.13. The summed E-state index contributed by atoms with van der Waals surface area (Å²) in [6.07, 6.45) is 0. The van der Waals surface area contributed by atoms with Gasteiger partial charge in [-0.2, -0.15) is 0 Å². The first kappa shape index (κ1) is 15.7. The number of ether oxygens (including phenoxy) is 2. The lowest BCUT2D eigenvalue weighted by Crippen LogP contribution is -2.20. The third kappa shape index (κ3) is 4.65. The van der Waals surface area contributed by atoms with E-state index in [0.29, 0.717) is 22.2 Å². The van der Waals surface area contributed by atoms with Crippen molar-refractivity contribution in [1.29, 1.82) is 0 Å². The van der Waals surface area contributed by atoms with Gasteiger partial charge in [0.1, 0.15) is 11.5 Å². The van der Waals surface area contributed by atoms with Gasteiger partial charge in [-0.3, -0.25) is 4.79 Å². The van der Waals surface area contributed by atoms with E-state index in [0.717, 1.165) is 4.47 Å². The summed E-state index contributed by atoms with van der Waals surface area (Å²) < 4.78 is 11.3. The lowest BCUT2D eigenvalue weighted by molar-refractivity contribution is -0.118. The number of benzene rings is 2. The van der Waals surface area contributed by atoms with Crippen LogP contribution in [0.3, 0.4) is 0 Å². The van der Waals surface area contributed by atoms with Crippen molar-refractivity contribution in [1.82, 2.24) is 0 Å². The van der Waals surface area contributed by atoms with Crippen molar-refractivity contribution in [3.63, 3.8) is 0 Å². The van der Waals surface area contributed by atoms with Crippen molar-refractivity contribution in [2.45, 2.75) is 0 Å².